The highest BCUT2D eigenvalue weighted by Gasteiger charge is 2.38. The second-order valence-electron chi connectivity index (χ2n) is 7.05. The van der Waals surface area contributed by atoms with Gasteiger partial charge in [0.2, 0.25) is 11.8 Å². The second-order valence-corrected chi connectivity index (χ2v) is 7.05. The maximum absolute atomic E-state index is 13.2. The second kappa shape index (κ2) is 6.91. The van der Waals surface area contributed by atoms with Crippen LogP contribution < -0.4 is 5.32 Å². The normalized spacial score (nSPS) is 22.8. The van der Waals surface area contributed by atoms with Crippen molar-refractivity contribution in [2.45, 2.75) is 44.4 Å². The molecule has 5 heteroatoms. The van der Waals surface area contributed by atoms with E-state index in [1.54, 1.807) is 4.90 Å². The molecule has 2 fully saturated rings. The molecular formula is C19H25FN2O2. The first-order chi connectivity index (χ1) is 11.5. The van der Waals surface area contributed by atoms with E-state index in [4.69, 9.17) is 0 Å². The van der Waals surface area contributed by atoms with Crippen LogP contribution in [-0.2, 0) is 15.0 Å². The molecule has 1 heterocycles. The fraction of sp³-hybridized carbons (Fsp3) is 0.579. The van der Waals surface area contributed by atoms with Crippen LogP contribution in [0.1, 0.15) is 44.6 Å². The van der Waals surface area contributed by atoms with E-state index in [9.17, 15) is 14.0 Å². The molecule has 2 aliphatic rings. The minimum atomic E-state index is -0.246. The molecule has 1 aliphatic heterocycles. The Labute approximate surface area is 142 Å². The number of benzene rings is 1. The van der Waals surface area contributed by atoms with Crippen LogP contribution in [-0.4, -0.2) is 36.3 Å². The maximum Gasteiger partial charge on any atom is 0.225 e. The van der Waals surface area contributed by atoms with Crippen molar-refractivity contribution in [3.8, 4) is 0 Å². The van der Waals surface area contributed by atoms with Gasteiger partial charge in [0.25, 0.3) is 0 Å². The van der Waals surface area contributed by atoms with E-state index in [0.29, 0.717) is 26.1 Å². The van der Waals surface area contributed by atoms with Gasteiger partial charge in [0.05, 0.1) is 5.92 Å². The fourth-order valence-corrected chi connectivity index (χ4v) is 4.08. The summed E-state index contributed by atoms with van der Waals surface area (Å²) >= 11 is 0. The minimum absolute atomic E-state index is 0.0345. The van der Waals surface area contributed by atoms with Crippen LogP contribution in [0.3, 0.4) is 0 Å². The first-order valence-corrected chi connectivity index (χ1v) is 8.85. The summed E-state index contributed by atoms with van der Waals surface area (Å²) in [6.07, 6.45) is 4.56. The average molecular weight is 332 g/mol. The van der Waals surface area contributed by atoms with E-state index in [1.165, 1.54) is 12.1 Å². The standard InChI is InChI=1S/C19H25FN2O2/c1-2-22-12-14(11-17(22)23)18(24)21-13-19(9-3-4-10-19)15-5-7-16(20)8-6-15/h5-8,14H,2-4,9-13H2,1H3,(H,21,24). The molecule has 3 rings (SSSR count). The van der Waals surface area contributed by atoms with Gasteiger partial charge in [-0.25, -0.2) is 4.39 Å². The number of rotatable bonds is 5. The van der Waals surface area contributed by atoms with Crippen LogP contribution in [0, 0.1) is 11.7 Å². The summed E-state index contributed by atoms with van der Waals surface area (Å²) in [5.74, 6) is -0.455. The van der Waals surface area contributed by atoms with E-state index in [2.05, 4.69) is 5.32 Å². The molecule has 1 atom stereocenters. The summed E-state index contributed by atoms with van der Waals surface area (Å²) in [6.45, 7) is 3.67. The number of nitrogens with zero attached hydrogens (tertiary/aromatic N) is 1. The van der Waals surface area contributed by atoms with Crippen molar-refractivity contribution < 1.29 is 14.0 Å². The average Bonchev–Trinajstić information content (AvgIpc) is 3.20. The molecule has 1 aromatic carbocycles. The zero-order chi connectivity index (χ0) is 17.2. The van der Waals surface area contributed by atoms with Gasteiger partial charge >= 0.3 is 0 Å². The van der Waals surface area contributed by atoms with Gasteiger partial charge < -0.3 is 10.2 Å². The van der Waals surface area contributed by atoms with E-state index in [1.807, 2.05) is 19.1 Å². The van der Waals surface area contributed by atoms with Crippen LogP contribution in [0.15, 0.2) is 24.3 Å². The van der Waals surface area contributed by atoms with Crippen molar-refractivity contribution in [1.82, 2.24) is 10.2 Å². The van der Waals surface area contributed by atoms with Gasteiger partial charge in [-0.05, 0) is 37.5 Å². The van der Waals surface area contributed by atoms with Gasteiger partial charge in [0.15, 0.2) is 0 Å². The SMILES string of the molecule is CCN1CC(C(=O)NCC2(c3ccc(F)cc3)CCCC2)CC1=O. The lowest BCUT2D eigenvalue weighted by Crippen LogP contribution is -2.42. The molecule has 24 heavy (non-hydrogen) atoms. The van der Waals surface area contributed by atoms with Gasteiger partial charge in [-0.15, -0.1) is 0 Å². The van der Waals surface area contributed by atoms with Crippen molar-refractivity contribution in [3.05, 3.63) is 35.6 Å². The van der Waals surface area contributed by atoms with E-state index in [-0.39, 0.29) is 29.0 Å². The summed E-state index contributed by atoms with van der Waals surface area (Å²) < 4.78 is 13.2. The molecule has 2 amide bonds. The Morgan fingerprint density at radius 3 is 2.54 bits per heavy atom. The van der Waals surface area contributed by atoms with Crippen molar-refractivity contribution in [2.24, 2.45) is 5.92 Å². The third-order valence-electron chi connectivity index (χ3n) is 5.59. The predicted octanol–water partition coefficient (Wildman–Crippen LogP) is 2.62. The van der Waals surface area contributed by atoms with Crippen LogP contribution in [0.2, 0.25) is 0 Å². The Kier molecular flexibility index (Phi) is 4.88. The maximum atomic E-state index is 13.2. The van der Waals surface area contributed by atoms with Crippen LogP contribution >= 0.6 is 0 Å². The third kappa shape index (κ3) is 3.30. The first kappa shape index (κ1) is 16.9. The lowest BCUT2D eigenvalue weighted by Gasteiger charge is -2.30. The molecule has 0 bridgehead atoms. The number of halogens is 1. The molecule has 4 nitrogen and oxygen atoms in total. The molecule has 1 aromatic rings. The molecule has 130 valence electrons. The molecule has 0 spiro atoms. The number of carbonyl (C=O) groups excluding carboxylic acids is 2. The van der Waals surface area contributed by atoms with Crippen molar-refractivity contribution in [3.63, 3.8) is 0 Å². The number of amides is 2. The Morgan fingerprint density at radius 2 is 1.96 bits per heavy atom. The largest absolute Gasteiger partial charge is 0.355 e. The molecule has 0 radical (unpaired) electrons. The van der Waals surface area contributed by atoms with Gasteiger partial charge in [-0.1, -0.05) is 25.0 Å². The minimum Gasteiger partial charge on any atom is -0.355 e. The number of hydrogen-bond acceptors (Lipinski definition) is 2. The summed E-state index contributed by atoms with van der Waals surface area (Å²) in [6, 6.07) is 6.66. The summed E-state index contributed by atoms with van der Waals surface area (Å²) in [4.78, 5) is 26.0. The Balaban J connectivity index is 1.66. The van der Waals surface area contributed by atoms with Gasteiger partial charge in [0, 0.05) is 31.5 Å². The Morgan fingerprint density at radius 1 is 1.29 bits per heavy atom. The predicted molar refractivity (Wildman–Crippen MR) is 89.9 cm³/mol. The van der Waals surface area contributed by atoms with Crippen LogP contribution in [0.4, 0.5) is 4.39 Å². The van der Waals surface area contributed by atoms with Gasteiger partial charge in [-0.3, -0.25) is 9.59 Å². The lowest BCUT2D eigenvalue weighted by atomic mass is 9.78. The molecular weight excluding hydrogens is 307 g/mol. The zero-order valence-corrected chi connectivity index (χ0v) is 14.2. The number of nitrogens with one attached hydrogen (secondary N) is 1. The number of likely N-dealkylation sites (tertiary alicyclic amines) is 1. The molecule has 0 aromatic heterocycles. The quantitative estimate of drug-likeness (QED) is 0.901. The molecule has 1 N–H and O–H groups in total. The zero-order valence-electron chi connectivity index (χ0n) is 14.2. The summed E-state index contributed by atoms with van der Waals surface area (Å²) in [5, 5.41) is 3.07. The summed E-state index contributed by atoms with van der Waals surface area (Å²) in [5.41, 5.74) is 0.996. The van der Waals surface area contributed by atoms with Crippen LogP contribution in [0.25, 0.3) is 0 Å². The van der Waals surface area contributed by atoms with Crippen molar-refractivity contribution in [2.75, 3.05) is 19.6 Å². The van der Waals surface area contributed by atoms with Crippen molar-refractivity contribution in [1.29, 1.82) is 0 Å². The Hall–Kier alpha value is -1.91. The van der Waals surface area contributed by atoms with Crippen molar-refractivity contribution >= 4 is 11.8 Å². The lowest BCUT2D eigenvalue weighted by molar-refractivity contribution is -0.128. The highest BCUT2D eigenvalue weighted by atomic mass is 19.1. The van der Waals surface area contributed by atoms with E-state index >= 15 is 0 Å². The third-order valence-corrected chi connectivity index (χ3v) is 5.59. The van der Waals surface area contributed by atoms with Gasteiger partial charge in [-0.2, -0.15) is 0 Å². The molecule has 1 saturated carbocycles. The smallest absolute Gasteiger partial charge is 0.225 e. The topological polar surface area (TPSA) is 49.4 Å². The van der Waals surface area contributed by atoms with Gasteiger partial charge in [0.1, 0.15) is 5.82 Å². The number of carbonyl (C=O) groups is 2. The first-order valence-electron chi connectivity index (χ1n) is 8.85. The van der Waals surface area contributed by atoms with Crippen LogP contribution in [0.5, 0.6) is 0 Å². The molecule has 1 aliphatic carbocycles. The highest BCUT2D eigenvalue weighted by Crippen LogP contribution is 2.40. The summed E-state index contributed by atoms with van der Waals surface area (Å²) in [7, 11) is 0. The Bertz CT molecular complexity index is 608. The monoisotopic (exact) mass is 332 g/mol. The fourth-order valence-electron chi connectivity index (χ4n) is 4.08. The van der Waals surface area contributed by atoms with E-state index < -0.39 is 0 Å². The van der Waals surface area contributed by atoms with E-state index in [0.717, 1.165) is 31.2 Å². The molecule has 1 unspecified atom stereocenters. The molecule has 1 saturated heterocycles. The highest BCUT2D eigenvalue weighted by molar-refractivity contribution is 5.89. The number of hydrogen-bond donors (Lipinski definition) is 1.